The van der Waals surface area contributed by atoms with E-state index in [4.69, 9.17) is 0 Å². The van der Waals surface area contributed by atoms with Crippen molar-refractivity contribution in [3.63, 3.8) is 0 Å². The first kappa shape index (κ1) is 20.4. The molecule has 1 aromatic carbocycles. The van der Waals surface area contributed by atoms with Gasteiger partial charge in [-0.2, -0.15) is 0 Å². The molecule has 23 heavy (non-hydrogen) atoms. The number of hydrogen-bond donors (Lipinski definition) is 0. The van der Waals surface area contributed by atoms with Crippen LogP contribution in [-0.4, -0.2) is 25.2 Å². The Morgan fingerprint density at radius 2 is 1.39 bits per heavy atom. The first-order valence-corrected chi connectivity index (χ1v) is 7.18. The van der Waals surface area contributed by atoms with E-state index in [0.717, 1.165) is 6.42 Å². The third kappa shape index (κ3) is 10.7. The molecule has 0 aromatic heterocycles. The maximum atomic E-state index is 10.8. The van der Waals surface area contributed by atoms with E-state index in [-0.39, 0.29) is 13.2 Å². The monoisotopic (exact) mass is 316 g/mol. The van der Waals surface area contributed by atoms with Crippen LogP contribution in [0.4, 0.5) is 0 Å². The average Bonchev–Trinajstić information content (AvgIpc) is 2.52. The van der Waals surface area contributed by atoms with Crippen LogP contribution in [0.2, 0.25) is 0 Å². The van der Waals surface area contributed by atoms with E-state index >= 15 is 0 Å². The zero-order chi connectivity index (χ0) is 17.7. The van der Waals surface area contributed by atoms with Gasteiger partial charge >= 0.3 is 11.9 Å². The molecule has 0 aliphatic heterocycles. The molecule has 1 rings (SSSR count). The first-order valence-electron chi connectivity index (χ1n) is 7.18. The second kappa shape index (κ2) is 12.0. The van der Waals surface area contributed by atoms with E-state index in [9.17, 15) is 9.59 Å². The number of rotatable bonds is 7. The highest BCUT2D eigenvalue weighted by molar-refractivity contribution is 5.87. The van der Waals surface area contributed by atoms with Crippen molar-refractivity contribution in [3.05, 3.63) is 72.9 Å². The van der Waals surface area contributed by atoms with Crippen LogP contribution in [0.25, 0.3) is 0 Å². The maximum absolute atomic E-state index is 10.8. The molecule has 0 saturated carbocycles. The van der Waals surface area contributed by atoms with Crippen molar-refractivity contribution in [1.29, 1.82) is 0 Å². The number of allylic oxidation sites excluding steroid dienone is 1. The minimum absolute atomic E-state index is 0.0325. The summed E-state index contributed by atoms with van der Waals surface area (Å²) in [5, 5.41) is 0. The number of carbonyl (C=O) groups is 2. The van der Waals surface area contributed by atoms with Gasteiger partial charge in [-0.05, 0) is 25.8 Å². The zero-order valence-electron chi connectivity index (χ0n) is 13.8. The molecule has 0 aliphatic rings. The van der Waals surface area contributed by atoms with Crippen LogP contribution in [0.15, 0.2) is 67.3 Å². The van der Waals surface area contributed by atoms with E-state index in [1.54, 1.807) is 13.8 Å². The van der Waals surface area contributed by atoms with Gasteiger partial charge in [0.05, 0.1) is 0 Å². The fraction of sp³-hybridized carbons (Fsp3) is 0.263. The van der Waals surface area contributed by atoms with E-state index in [2.05, 4.69) is 41.3 Å². The number of benzene rings is 1. The van der Waals surface area contributed by atoms with Crippen LogP contribution in [0.3, 0.4) is 0 Å². The molecule has 0 aliphatic carbocycles. The summed E-state index contributed by atoms with van der Waals surface area (Å²) in [6.45, 7) is 13.6. The number of hydrogen-bond acceptors (Lipinski definition) is 4. The van der Waals surface area contributed by atoms with Crippen LogP contribution in [0, 0.1) is 0 Å². The molecule has 0 bridgehead atoms. The molecule has 0 N–H and O–H groups in total. The van der Waals surface area contributed by atoms with Crippen molar-refractivity contribution >= 4 is 11.9 Å². The lowest BCUT2D eigenvalue weighted by atomic mass is 10.2. The minimum Gasteiger partial charge on any atom is -0.459 e. The molecule has 0 radical (unpaired) electrons. The van der Waals surface area contributed by atoms with Crippen molar-refractivity contribution < 1.29 is 19.1 Å². The molecule has 0 unspecified atom stereocenters. The first-order chi connectivity index (χ1) is 10.9. The summed E-state index contributed by atoms with van der Waals surface area (Å²) in [6.07, 6.45) is 2.89. The fourth-order valence-electron chi connectivity index (χ4n) is 1.30. The van der Waals surface area contributed by atoms with Gasteiger partial charge in [0.25, 0.3) is 0 Å². The Hall–Kier alpha value is -2.62. The summed E-state index contributed by atoms with van der Waals surface area (Å²) in [5.41, 5.74) is 1.96. The summed E-state index contributed by atoms with van der Waals surface area (Å²) >= 11 is 0. The summed E-state index contributed by atoms with van der Waals surface area (Å²) < 4.78 is 9.38. The van der Waals surface area contributed by atoms with E-state index in [0.29, 0.717) is 11.1 Å². The Morgan fingerprint density at radius 1 is 0.957 bits per heavy atom. The van der Waals surface area contributed by atoms with Gasteiger partial charge < -0.3 is 9.47 Å². The Balaban J connectivity index is 0.000000459. The third-order valence-corrected chi connectivity index (χ3v) is 2.47. The molecule has 0 spiro atoms. The van der Waals surface area contributed by atoms with Gasteiger partial charge in [0.15, 0.2) is 0 Å². The lowest BCUT2D eigenvalue weighted by molar-refractivity contribution is -0.147. The second-order valence-corrected chi connectivity index (χ2v) is 4.81. The second-order valence-electron chi connectivity index (χ2n) is 4.81. The van der Waals surface area contributed by atoms with Crippen molar-refractivity contribution in [2.45, 2.75) is 20.3 Å². The van der Waals surface area contributed by atoms with Gasteiger partial charge in [0.2, 0.25) is 0 Å². The van der Waals surface area contributed by atoms with Crippen LogP contribution in [0.5, 0.6) is 0 Å². The standard InChI is InChI=1S/C10H14O4.C9H10/c1-7(2)9(11)13-5-6-14-10(12)8(3)4;1-2-6-9-7-4-3-5-8-9/h1,3,5-6H2,2,4H3;2-5,7-8H,1,6H2. The summed E-state index contributed by atoms with van der Waals surface area (Å²) in [5.74, 6) is -0.979. The lowest BCUT2D eigenvalue weighted by Crippen LogP contribution is -2.14. The van der Waals surface area contributed by atoms with Crippen LogP contribution in [0.1, 0.15) is 19.4 Å². The van der Waals surface area contributed by atoms with Gasteiger partial charge in [0, 0.05) is 11.1 Å². The Kier molecular flexibility index (Phi) is 10.6. The molecular weight excluding hydrogens is 292 g/mol. The fourth-order valence-corrected chi connectivity index (χ4v) is 1.30. The number of carbonyl (C=O) groups excluding carboxylic acids is 2. The van der Waals surface area contributed by atoms with Crippen LogP contribution < -0.4 is 0 Å². The highest BCUT2D eigenvalue weighted by Crippen LogP contribution is 1.98. The zero-order valence-corrected chi connectivity index (χ0v) is 13.8. The van der Waals surface area contributed by atoms with Crippen molar-refractivity contribution in [2.24, 2.45) is 0 Å². The predicted molar refractivity (Wildman–Crippen MR) is 91.9 cm³/mol. The highest BCUT2D eigenvalue weighted by Gasteiger charge is 2.05. The SMILES string of the molecule is C=C(C)C(=O)OCCOC(=O)C(=C)C.C=CCc1ccccc1. The topological polar surface area (TPSA) is 52.6 Å². The molecular formula is C19H24O4. The van der Waals surface area contributed by atoms with E-state index < -0.39 is 11.9 Å². The number of esters is 2. The Labute approximate surface area is 138 Å². The minimum atomic E-state index is -0.489. The van der Waals surface area contributed by atoms with Crippen molar-refractivity contribution in [1.82, 2.24) is 0 Å². The number of ether oxygens (including phenoxy) is 2. The third-order valence-electron chi connectivity index (χ3n) is 2.47. The van der Waals surface area contributed by atoms with Crippen molar-refractivity contribution in [2.75, 3.05) is 13.2 Å². The van der Waals surface area contributed by atoms with Gasteiger partial charge in [-0.3, -0.25) is 0 Å². The highest BCUT2D eigenvalue weighted by atomic mass is 16.6. The van der Waals surface area contributed by atoms with Gasteiger partial charge in [-0.25, -0.2) is 9.59 Å². The van der Waals surface area contributed by atoms with E-state index in [1.807, 2.05) is 24.3 Å². The molecule has 0 fully saturated rings. The molecule has 4 nitrogen and oxygen atoms in total. The molecule has 124 valence electrons. The molecule has 0 saturated heterocycles. The normalized spacial score (nSPS) is 8.96. The van der Waals surface area contributed by atoms with Gasteiger partial charge in [-0.15, -0.1) is 6.58 Å². The smallest absolute Gasteiger partial charge is 0.333 e. The summed E-state index contributed by atoms with van der Waals surface area (Å²) in [6, 6.07) is 10.3. The largest absolute Gasteiger partial charge is 0.459 e. The Morgan fingerprint density at radius 3 is 1.74 bits per heavy atom. The quantitative estimate of drug-likeness (QED) is 0.333. The molecule has 1 aromatic rings. The summed E-state index contributed by atoms with van der Waals surface area (Å²) in [7, 11) is 0. The Bertz CT molecular complexity index is 516. The van der Waals surface area contributed by atoms with Gasteiger partial charge in [-0.1, -0.05) is 49.6 Å². The van der Waals surface area contributed by atoms with Crippen LogP contribution in [-0.2, 0) is 25.5 Å². The average molecular weight is 316 g/mol. The van der Waals surface area contributed by atoms with Gasteiger partial charge in [0.1, 0.15) is 13.2 Å². The predicted octanol–water partition coefficient (Wildman–Crippen LogP) is 3.64. The van der Waals surface area contributed by atoms with E-state index in [1.165, 1.54) is 5.56 Å². The maximum Gasteiger partial charge on any atom is 0.333 e. The lowest BCUT2D eigenvalue weighted by Gasteiger charge is -2.05. The molecule has 0 amide bonds. The molecule has 0 atom stereocenters. The molecule has 4 heteroatoms. The van der Waals surface area contributed by atoms with Crippen molar-refractivity contribution in [3.8, 4) is 0 Å². The van der Waals surface area contributed by atoms with Crippen LogP contribution >= 0.6 is 0 Å². The summed E-state index contributed by atoms with van der Waals surface area (Å²) in [4.78, 5) is 21.7. The molecule has 0 heterocycles.